The zero-order valence-electron chi connectivity index (χ0n) is 20.2. The van der Waals surface area contributed by atoms with Gasteiger partial charge in [-0.15, -0.1) is 0 Å². The van der Waals surface area contributed by atoms with Gasteiger partial charge in [0.05, 0.1) is 24.0 Å². The zero-order valence-corrected chi connectivity index (χ0v) is 21.8. The molecule has 6 nitrogen and oxygen atoms in total. The summed E-state index contributed by atoms with van der Waals surface area (Å²) in [5.74, 6) is -1.17. The third-order valence-electron chi connectivity index (χ3n) is 9.58. The molecule has 2 bridgehead atoms. The first kappa shape index (κ1) is 23.9. The van der Waals surface area contributed by atoms with Gasteiger partial charge in [-0.25, -0.2) is 0 Å². The number of rotatable bonds is 7. The van der Waals surface area contributed by atoms with Crippen molar-refractivity contribution in [3.8, 4) is 0 Å². The predicted molar refractivity (Wildman–Crippen MR) is 141 cm³/mol. The minimum Gasteiger partial charge on any atom is -0.379 e. The lowest BCUT2D eigenvalue weighted by Gasteiger charge is -2.50. The number of allylic oxidation sites excluding steroid dienone is 2. The number of nitrogens with zero attached hydrogens (tertiary/aromatic N) is 1. The number of hydrogen-bond acceptors (Lipinski definition) is 4. The van der Waals surface area contributed by atoms with Gasteiger partial charge in [-0.2, -0.15) is 0 Å². The molecule has 36 heavy (non-hydrogen) atoms. The van der Waals surface area contributed by atoms with Gasteiger partial charge in [0.1, 0.15) is 0 Å². The molecule has 6 rings (SSSR count). The minimum atomic E-state index is -1.21. The molecule has 3 fully saturated rings. The largest absolute Gasteiger partial charge is 0.379 e. The molecule has 0 radical (unpaired) electrons. The summed E-state index contributed by atoms with van der Waals surface area (Å²) in [5.41, 5.74) is 12.3. The van der Waals surface area contributed by atoms with Crippen LogP contribution in [0.1, 0.15) is 36.4 Å². The fraction of sp³-hybridized carbons (Fsp3) is 0.448. The second-order valence-corrected chi connectivity index (χ2v) is 11.8. The van der Waals surface area contributed by atoms with Crippen molar-refractivity contribution in [2.75, 3.05) is 26.3 Å². The number of hydrogen-bond donors (Lipinski definition) is 2. The molecule has 5 atom stereocenters. The van der Waals surface area contributed by atoms with Crippen LogP contribution in [0.2, 0.25) is 0 Å². The quantitative estimate of drug-likeness (QED) is 0.514. The average Bonchev–Trinajstić information content (AvgIpc) is 3.56. The van der Waals surface area contributed by atoms with Crippen molar-refractivity contribution >= 4 is 27.7 Å². The topological polar surface area (TPSA) is 98.7 Å². The molecule has 1 saturated heterocycles. The Labute approximate surface area is 220 Å². The van der Waals surface area contributed by atoms with Crippen molar-refractivity contribution in [3.63, 3.8) is 0 Å². The summed E-state index contributed by atoms with van der Waals surface area (Å²) in [6, 6.07) is 17.9. The number of primary amides is 2. The highest BCUT2D eigenvalue weighted by Gasteiger charge is 2.83. The highest BCUT2D eigenvalue weighted by atomic mass is 79.9. The van der Waals surface area contributed by atoms with Crippen LogP contribution in [-0.2, 0) is 19.7 Å². The molecule has 3 aliphatic carbocycles. The normalized spacial score (nSPS) is 33.0. The number of halogens is 1. The molecule has 0 aromatic heterocycles. The SMILES string of the molecule is NC(=O)[C@]1(CC(c2ccccc2)N2CCOCC2)[C@@H]2C=C[C@@H](C23CC3)[C@@]1(C(N)=O)c1ccc(Br)cc1. The summed E-state index contributed by atoms with van der Waals surface area (Å²) in [7, 11) is 0. The summed E-state index contributed by atoms with van der Waals surface area (Å²) >= 11 is 3.52. The zero-order chi connectivity index (χ0) is 25.1. The van der Waals surface area contributed by atoms with Crippen LogP contribution in [0, 0.1) is 22.7 Å². The molecule has 1 heterocycles. The van der Waals surface area contributed by atoms with Gasteiger partial charge in [0, 0.05) is 29.5 Å². The molecule has 1 aliphatic heterocycles. The minimum absolute atomic E-state index is 0.0969. The molecular formula is C29H32BrN3O3. The Morgan fingerprint density at radius 1 is 0.944 bits per heavy atom. The number of nitrogens with two attached hydrogens (primary N) is 2. The van der Waals surface area contributed by atoms with Crippen molar-refractivity contribution in [1.82, 2.24) is 4.90 Å². The van der Waals surface area contributed by atoms with E-state index in [4.69, 9.17) is 16.2 Å². The van der Waals surface area contributed by atoms with Crippen LogP contribution in [0.3, 0.4) is 0 Å². The number of carbonyl (C=O) groups excluding carboxylic acids is 2. The van der Waals surface area contributed by atoms with Crippen molar-refractivity contribution in [3.05, 3.63) is 82.3 Å². The number of ether oxygens (including phenoxy) is 1. The molecule has 188 valence electrons. The van der Waals surface area contributed by atoms with Crippen molar-refractivity contribution < 1.29 is 14.3 Å². The van der Waals surface area contributed by atoms with E-state index >= 15 is 0 Å². The second-order valence-electron chi connectivity index (χ2n) is 10.9. The van der Waals surface area contributed by atoms with Crippen LogP contribution in [0.4, 0.5) is 0 Å². The Bertz CT molecular complexity index is 1210. The molecule has 2 amide bonds. The highest BCUT2D eigenvalue weighted by Crippen LogP contribution is 2.81. The van der Waals surface area contributed by atoms with E-state index in [1.54, 1.807) is 0 Å². The molecular weight excluding hydrogens is 518 g/mol. The fourth-order valence-electron chi connectivity index (χ4n) is 8.05. The van der Waals surface area contributed by atoms with Gasteiger partial charge >= 0.3 is 0 Å². The smallest absolute Gasteiger partial charge is 0.229 e. The van der Waals surface area contributed by atoms with Gasteiger partial charge in [0.15, 0.2) is 0 Å². The maximum Gasteiger partial charge on any atom is 0.229 e. The van der Waals surface area contributed by atoms with Gasteiger partial charge in [-0.3, -0.25) is 14.5 Å². The molecule has 1 unspecified atom stereocenters. The molecule has 1 spiro atoms. The molecule has 2 saturated carbocycles. The monoisotopic (exact) mass is 549 g/mol. The van der Waals surface area contributed by atoms with Crippen LogP contribution < -0.4 is 11.5 Å². The van der Waals surface area contributed by atoms with E-state index in [1.165, 1.54) is 0 Å². The van der Waals surface area contributed by atoms with E-state index < -0.39 is 22.6 Å². The molecule has 4 aliphatic rings. The number of morpholine rings is 1. The Morgan fingerprint density at radius 2 is 1.58 bits per heavy atom. The summed E-state index contributed by atoms with van der Waals surface area (Å²) in [5, 5.41) is 0. The van der Waals surface area contributed by atoms with Crippen LogP contribution in [0.15, 0.2) is 71.2 Å². The maximum absolute atomic E-state index is 14.0. The summed E-state index contributed by atoms with van der Waals surface area (Å²) < 4.78 is 6.57. The number of amides is 2. The van der Waals surface area contributed by atoms with E-state index in [9.17, 15) is 9.59 Å². The molecule has 2 aromatic rings. The van der Waals surface area contributed by atoms with Crippen LogP contribution in [0.25, 0.3) is 0 Å². The summed E-state index contributed by atoms with van der Waals surface area (Å²) in [6.07, 6.45) is 6.70. The third kappa shape index (κ3) is 3.09. The van der Waals surface area contributed by atoms with E-state index in [0.717, 1.165) is 41.5 Å². The van der Waals surface area contributed by atoms with Crippen LogP contribution in [0.5, 0.6) is 0 Å². The summed E-state index contributed by atoms with van der Waals surface area (Å²) in [6.45, 7) is 2.78. The Kier molecular flexibility index (Phi) is 5.67. The van der Waals surface area contributed by atoms with Crippen molar-refractivity contribution in [2.24, 2.45) is 34.1 Å². The fourth-order valence-corrected chi connectivity index (χ4v) is 8.31. The van der Waals surface area contributed by atoms with Crippen molar-refractivity contribution in [2.45, 2.75) is 30.7 Å². The Morgan fingerprint density at radius 3 is 2.17 bits per heavy atom. The Hall–Kier alpha value is -2.48. The number of benzene rings is 2. The average molecular weight is 550 g/mol. The van der Waals surface area contributed by atoms with Crippen molar-refractivity contribution in [1.29, 1.82) is 0 Å². The van der Waals surface area contributed by atoms with Crippen LogP contribution in [-0.4, -0.2) is 43.0 Å². The molecule has 7 heteroatoms. The first-order chi connectivity index (χ1) is 17.4. The van der Waals surface area contributed by atoms with Gasteiger partial charge in [-0.1, -0.05) is 70.5 Å². The highest BCUT2D eigenvalue weighted by molar-refractivity contribution is 9.10. The van der Waals surface area contributed by atoms with Crippen LogP contribution >= 0.6 is 15.9 Å². The lowest BCUT2D eigenvalue weighted by molar-refractivity contribution is -0.145. The molecule has 2 aromatic carbocycles. The lowest BCUT2D eigenvalue weighted by atomic mass is 9.51. The number of carbonyl (C=O) groups is 2. The summed E-state index contributed by atoms with van der Waals surface area (Å²) in [4.78, 5) is 30.2. The second kappa shape index (κ2) is 8.54. The van der Waals surface area contributed by atoms with E-state index in [2.05, 4.69) is 45.1 Å². The lowest BCUT2D eigenvalue weighted by Crippen LogP contribution is -2.63. The Balaban J connectivity index is 1.58. The third-order valence-corrected chi connectivity index (χ3v) is 10.1. The van der Waals surface area contributed by atoms with E-state index in [0.29, 0.717) is 19.6 Å². The van der Waals surface area contributed by atoms with Gasteiger partial charge in [0.25, 0.3) is 0 Å². The van der Waals surface area contributed by atoms with E-state index in [-0.39, 0.29) is 23.3 Å². The maximum atomic E-state index is 14.0. The first-order valence-electron chi connectivity index (χ1n) is 12.8. The predicted octanol–water partition coefficient (Wildman–Crippen LogP) is 3.70. The van der Waals surface area contributed by atoms with Gasteiger partial charge < -0.3 is 16.2 Å². The van der Waals surface area contributed by atoms with Gasteiger partial charge in [0.2, 0.25) is 11.8 Å². The van der Waals surface area contributed by atoms with Gasteiger partial charge in [-0.05, 0) is 53.9 Å². The van der Waals surface area contributed by atoms with E-state index in [1.807, 2.05) is 42.5 Å². The molecule has 4 N–H and O–H groups in total. The standard InChI is InChI=1S/C29H32BrN3O3/c30-21-8-6-20(7-9-21)29(26(32)35)24-11-10-23(27(24)12-13-27)28(29,25(31)34)18-22(19-4-2-1-3-5-19)33-14-16-36-17-15-33/h1-11,22-24H,12-18H2,(H2,31,34)(H2,32,35)/t22?,23-,24+,28+,29-/m1/s1. The first-order valence-corrected chi connectivity index (χ1v) is 13.6.